The first-order chi connectivity index (χ1) is 7.55. The molecule has 1 fully saturated rings. The first-order valence-corrected chi connectivity index (χ1v) is 7.15. The highest BCUT2D eigenvalue weighted by Gasteiger charge is 2.27. The summed E-state index contributed by atoms with van der Waals surface area (Å²) < 4.78 is 1.30. The minimum atomic E-state index is 0.513. The summed E-state index contributed by atoms with van der Waals surface area (Å²) in [7, 11) is 0. The number of anilines is 1. The molecule has 16 heavy (non-hydrogen) atoms. The van der Waals surface area contributed by atoms with Gasteiger partial charge in [-0.3, -0.25) is 0 Å². The molecule has 1 N–H and O–H groups in total. The molecule has 1 aliphatic rings. The smallest absolute Gasteiger partial charge is 0.0343 e. The minimum absolute atomic E-state index is 0.513. The molecule has 1 aromatic carbocycles. The van der Waals surface area contributed by atoms with Crippen molar-refractivity contribution in [2.24, 2.45) is 5.41 Å². The molecule has 0 heterocycles. The van der Waals surface area contributed by atoms with Gasteiger partial charge in [-0.15, -0.1) is 0 Å². The van der Waals surface area contributed by atoms with Gasteiger partial charge in [0.25, 0.3) is 0 Å². The number of benzene rings is 1. The van der Waals surface area contributed by atoms with Crippen LogP contribution in [0.25, 0.3) is 0 Å². The Kier molecular flexibility index (Phi) is 3.77. The van der Waals surface area contributed by atoms with E-state index in [2.05, 4.69) is 66.0 Å². The van der Waals surface area contributed by atoms with Gasteiger partial charge in [0, 0.05) is 15.3 Å². The highest BCUT2D eigenvalue weighted by molar-refractivity contribution is 14.1. The second kappa shape index (κ2) is 4.94. The van der Waals surface area contributed by atoms with Crippen LogP contribution in [0.2, 0.25) is 0 Å². The predicted octanol–water partition coefficient (Wildman–Crippen LogP) is 4.67. The largest absolute Gasteiger partial charge is 0.382 e. The topological polar surface area (TPSA) is 12.0 Å². The normalized spacial score (nSPS) is 24.1. The zero-order valence-corrected chi connectivity index (χ0v) is 12.3. The Balaban J connectivity index is 1.97. The van der Waals surface area contributed by atoms with Gasteiger partial charge in [0.05, 0.1) is 0 Å². The van der Waals surface area contributed by atoms with Crippen molar-refractivity contribution in [2.75, 3.05) is 5.32 Å². The van der Waals surface area contributed by atoms with Crippen LogP contribution >= 0.6 is 22.6 Å². The van der Waals surface area contributed by atoms with Crippen molar-refractivity contribution in [1.29, 1.82) is 0 Å². The Labute approximate surface area is 112 Å². The standard InChI is InChI=1S/C14H20IN/c1-14(2)9-3-4-13(10-14)16-12-7-5-11(15)6-8-12/h5-8,13,16H,3-4,9-10H2,1-2H3. The zero-order chi connectivity index (χ0) is 11.6. The Morgan fingerprint density at radius 2 is 1.94 bits per heavy atom. The van der Waals surface area contributed by atoms with E-state index in [9.17, 15) is 0 Å². The molecule has 0 aliphatic heterocycles. The maximum Gasteiger partial charge on any atom is 0.0343 e. The Morgan fingerprint density at radius 1 is 1.25 bits per heavy atom. The van der Waals surface area contributed by atoms with Crippen molar-refractivity contribution in [3.8, 4) is 0 Å². The van der Waals surface area contributed by atoms with Crippen molar-refractivity contribution in [2.45, 2.75) is 45.6 Å². The van der Waals surface area contributed by atoms with Gasteiger partial charge < -0.3 is 5.32 Å². The summed E-state index contributed by atoms with van der Waals surface area (Å²) in [5.41, 5.74) is 1.78. The van der Waals surface area contributed by atoms with Crippen LogP contribution in [-0.2, 0) is 0 Å². The molecule has 88 valence electrons. The second-order valence-corrected chi connectivity index (χ2v) is 6.85. The lowest BCUT2D eigenvalue weighted by Crippen LogP contribution is -2.31. The molecule has 1 aromatic rings. The van der Waals surface area contributed by atoms with Crippen LogP contribution in [0, 0.1) is 8.99 Å². The van der Waals surface area contributed by atoms with Crippen LogP contribution in [0.15, 0.2) is 24.3 Å². The average Bonchev–Trinajstić information content (AvgIpc) is 2.20. The molecule has 0 aromatic heterocycles. The summed E-state index contributed by atoms with van der Waals surface area (Å²) in [6.07, 6.45) is 5.33. The molecular formula is C14H20IN. The third-order valence-corrected chi connectivity index (χ3v) is 4.14. The van der Waals surface area contributed by atoms with Gasteiger partial charge in [0.15, 0.2) is 0 Å². The van der Waals surface area contributed by atoms with Crippen LogP contribution in [0.3, 0.4) is 0 Å². The molecule has 0 amide bonds. The van der Waals surface area contributed by atoms with Gasteiger partial charge in [0.2, 0.25) is 0 Å². The van der Waals surface area contributed by atoms with E-state index in [1.807, 2.05) is 0 Å². The molecular weight excluding hydrogens is 309 g/mol. The maximum atomic E-state index is 3.66. The molecule has 1 nitrogen and oxygen atoms in total. The maximum absolute atomic E-state index is 3.66. The van der Waals surface area contributed by atoms with Gasteiger partial charge in [-0.05, 0) is 71.5 Å². The summed E-state index contributed by atoms with van der Waals surface area (Å²) in [6, 6.07) is 9.35. The lowest BCUT2D eigenvalue weighted by molar-refractivity contribution is 0.229. The predicted molar refractivity (Wildman–Crippen MR) is 78.8 cm³/mol. The van der Waals surface area contributed by atoms with Crippen molar-refractivity contribution in [1.82, 2.24) is 0 Å². The van der Waals surface area contributed by atoms with Gasteiger partial charge in [-0.1, -0.05) is 20.3 Å². The van der Waals surface area contributed by atoms with E-state index in [4.69, 9.17) is 0 Å². The minimum Gasteiger partial charge on any atom is -0.382 e. The number of halogens is 1. The fourth-order valence-electron chi connectivity index (χ4n) is 2.60. The van der Waals surface area contributed by atoms with E-state index in [1.54, 1.807) is 0 Å². The summed E-state index contributed by atoms with van der Waals surface area (Å²) in [6.45, 7) is 4.77. The van der Waals surface area contributed by atoms with Gasteiger partial charge >= 0.3 is 0 Å². The van der Waals surface area contributed by atoms with E-state index in [-0.39, 0.29) is 0 Å². The monoisotopic (exact) mass is 329 g/mol. The number of hydrogen-bond acceptors (Lipinski definition) is 1. The van der Waals surface area contributed by atoms with Crippen LogP contribution in [0.1, 0.15) is 39.5 Å². The molecule has 2 rings (SSSR count). The van der Waals surface area contributed by atoms with Crippen LogP contribution in [0.4, 0.5) is 5.69 Å². The molecule has 0 radical (unpaired) electrons. The molecule has 2 heteroatoms. The molecule has 0 bridgehead atoms. The van der Waals surface area contributed by atoms with Gasteiger partial charge in [0.1, 0.15) is 0 Å². The Hall–Kier alpha value is -0.250. The van der Waals surface area contributed by atoms with Gasteiger partial charge in [-0.25, -0.2) is 0 Å². The third kappa shape index (κ3) is 3.37. The summed E-state index contributed by atoms with van der Waals surface area (Å²) in [4.78, 5) is 0. The first kappa shape index (κ1) is 12.2. The summed E-state index contributed by atoms with van der Waals surface area (Å²) >= 11 is 2.35. The van der Waals surface area contributed by atoms with Crippen LogP contribution in [-0.4, -0.2) is 6.04 Å². The second-order valence-electron chi connectivity index (χ2n) is 5.61. The summed E-state index contributed by atoms with van der Waals surface area (Å²) in [5.74, 6) is 0. The fraction of sp³-hybridized carbons (Fsp3) is 0.571. The van der Waals surface area contributed by atoms with Crippen LogP contribution < -0.4 is 5.32 Å². The van der Waals surface area contributed by atoms with E-state index >= 15 is 0 Å². The highest BCUT2D eigenvalue weighted by atomic mass is 127. The van der Waals surface area contributed by atoms with Crippen molar-refractivity contribution in [3.63, 3.8) is 0 Å². The molecule has 1 saturated carbocycles. The molecule has 1 aliphatic carbocycles. The van der Waals surface area contributed by atoms with Crippen molar-refractivity contribution in [3.05, 3.63) is 27.8 Å². The van der Waals surface area contributed by atoms with E-state index in [0.29, 0.717) is 11.5 Å². The lowest BCUT2D eigenvalue weighted by atomic mass is 9.75. The zero-order valence-electron chi connectivity index (χ0n) is 10.1. The van der Waals surface area contributed by atoms with Crippen molar-refractivity contribution < 1.29 is 0 Å². The molecule has 0 saturated heterocycles. The van der Waals surface area contributed by atoms with Crippen molar-refractivity contribution >= 4 is 28.3 Å². The first-order valence-electron chi connectivity index (χ1n) is 6.07. The summed E-state index contributed by atoms with van der Waals surface area (Å²) in [5, 5.41) is 3.66. The number of hydrogen-bond donors (Lipinski definition) is 1. The number of rotatable bonds is 2. The molecule has 1 atom stereocenters. The third-order valence-electron chi connectivity index (χ3n) is 3.42. The quantitative estimate of drug-likeness (QED) is 0.778. The molecule has 0 spiro atoms. The van der Waals surface area contributed by atoms with Crippen LogP contribution in [0.5, 0.6) is 0 Å². The lowest BCUT2D eigenvalue weighted by Gasteiger charge is -2.36. The fourth-order valence-corrected chi connectivity index (χ4v) is 2.96. The molecule has 1 unspecified atom stereocenters. The van der Waals surface area contributed by atoms with E-state index in [0.717, 1.165) is 0 Å². The average molecular weight is 329 g/mol. The highest BCUT2D eigenvalue weighted by Crippen LogP contribution is 2.36. The Morgan fingerprint density at radius 3 is 2.56 bits per heavy atom. The van der Waals surface area contributed by atoms with Gasteiger partial charge in [-0.2, -0.15) is 0 Å². The SMILES string of the molecule is CC1(C)CCCC(Nc2ccc(I)cc2)C1. The van der Waals surface area contributed by atoms with E-state index < -0.39 is 0 Å². The van der Waals surface area contributed by atoms with E-state index in [1.165, 1.54) is 34.9 Å². The number of nitrogens with one attached hydrogen (secondary N) is 1. The Bertz CT molecular complexity index is 342.